The number of nitrogens with two attached hydrogens (primary N) is 1. The first-order valence-electron chi connectivity index (χ1n) is 8.07. The fourth-order valence-corrected chi connectivity index (χ4v) is 3.50. The summed E-state index contributed by atoms with van der Waals surface area (Å²) < 4.78 is 5.90. The first kappa shape index (κ1) is 17.8. The Morgan fingerprint density at radius 1 is 1.39 bits per heavy atom. The van der Waals surface area contributed by atoms with Gasteiger partial charge in [0.05, 0.1) is 6.04 Å². The van der Waals surface area contributed by atoms with Gasteiger partial charge in [-0.1, -0.05) is 24.6 Å². The highest BCUT2D eigenvalue weighted by Gasteiger charge is 2.35. The second-order valence-corrected chi connectivity index (χ2v) is 6.34. The van der Waals surface area contributed by atoms with Crippen molar-refractivity contribution < 1.29 is 9.21 Å². The van der Waals surface area contributed by atoms with E-state index in [0.29, 0.717) is 12.5 Å². The molecule has 1 heterocycles. The van der Waals surface area contributed by atoms with Crippen molar-refractivity contribution in [3.05, 3.63) is 36.1 Å². The van der Waals surface area contributed by atoms with Gasteiger partial charge in [0, 0.05) is 18.4 Å². The number of hydrogen-bond donors (Lipinski definition) is 1. The van der Waals surface area contributed by atoms with Gasteiger partial charge in [0.25, 0.3) is 0 Å². The molecule has 2 N–H and O–H groups in total. The average Bonchev–Trinajstić information content (AvgIpc) is 3.18. The quantitative estimate of drug-likeness (QED) is 0.925. The molecule has 0 bridgehead atoms. The summed E-state index contributed by atoms with van der Waals surface area (Å²) >= 11 is 0. The number of benzene rings is 1. The molecule has 1 aliphatic rings. The molecule has 1 aliphatic carbocycles. The van der Waals surface area contributed by atoms with Gasteiger partial charge < -0.3 is 15.1 Å². The number of carbonyl (C=O) groups excluding carboxylic acids is 1. The van der Waals surface area contributed by atoms with Crippen molar-refractivity contribution >= 4 is 29.3 Å². The Bertz CT molecular complexity index is 637. The predicted octanol–water partition coefficient (Wildman–Crippen LogP) is 3.75. The topological polar surface area (TPSA) is 59.5 Å². The van der Waals surface area contributed by atoms with Crippen LogP contribution in [-0.4, -0.2) is 24.4 Å². The van der Waals surface area contributed by atoms with Gasteiger partial charge in [0.2, 0.25) is 5.91 Å². The van der Waals surface area contributed by atoms with E-state index in [1.165, 1.54) is 0 Å². The molecule has 1 aromatic carbocycles. The van der Waals surface area contributed by atoms with E-state index in [1.54, 1.807) is 0 Å². The molecule has 4 nitrogen and oxygen atoms in total. The van der Waals surface area contributed by atoms with Crippen molar-refractivity contribution in [2.45, 2.75) is 32.2 Å². The fourth-order valence-electron chi connectivity index (χ4n) is 3.50. The molecule has 126 valence electrons. The van der Waals surface area contributed by atoms with Crippen LogP contribution in [0.25, 0.3) is 11.0 Å². The van der Waals surface area contributed by atoms with Gasteiger partial charge in [0.15, 0.2) is 0 Å². The van der Waals surface area contributed by atoms with Crippen LogP contribution in [0.2, 0.25) is 0 Å². The Kier molecular flexibility index (Phi) is 5.71. The molecule has 0 saturated heterocycles. The Morgan fingerprint density at radius 3 is 2.83 bits per heavy atom. The molecular formula is C18H25ClN2O2. The Morgan fingerprint density at radius 2 is 2.13 bits per heavy atom. The second kappa shape index (κ2) is 7.37. The Hall–Kier alpha value is -1.52. The van der Waals surface area contributed by atoms with Crippen molar-refractivity contribution in [2.24, 2.45) is 17.6 Å². The third kappa shape index (κ3) is 3.38. The van der Waals surface area contributed by atoms with Crippen LogP contribution < -0.4 is 5.73 Å². The van der Waals surface area contributed by atoms with Crippen molar-refractivity contribution in [3.63, 3.8) is 0 Å². The predicted molar refractivity (Wildman–Crippen MR) is 94.5 cm³/mol. The molecule has 23 heavy (non-hydrogen) atoms. The lowest BCUT2D eigenvalue weighted by molar-refractivity contribution is -0.137. The molecule has 1 unspecified atom stereocenters. The highest BCUT2D eigenvalue weighted by molar-refractivity contribution is 5.85. The average molecular weight is 337 g/mol. The molecule has 1 saturated carbocycles. The van der Waals surface area contributed by atoms with E-state index in [4.69, 9.17) is 10.2 Å². The van der Waals surface area contributed by atoms with E-state index in [1.807, 2.05) is 49.2 Å². The molecule has 0 spiro atoms. The zero-order chi connectivity index (χ0) is 15.7. The number of nitrogens with zero attached hydrogens (tertiary/aromatic N) is 1. The van der Waals surface area contributed by atoms with E-state index >= 15 is 0 Å². The third-order valence-corrected chi connectivity index (χ3v) is 5.06. The molecule has 0 aliphatic heterocycles. The number of amides is 1. The number of para-hydroxylation sites is 1. The fraction of sp³-hybridized carbons (Fsp3) is 0.500. The summed E-state index contributed by atoms with van der Waals surface area (Å²) in [6, 6.07) is 9.88. The van der Waals surface area contributed by atoms with Crippen LogP contribution in [0.15, 0.2) is 34.7 Å². The lowest BCUT2D eigenvalue weighted by Crippen LogP contribution is -2.37. The maximum atomic E-state index is 12.8. The SMILES string of the molecule is CC(c1cc2ccccc2o1)N(C)C(=O)[C@@H]1CCC[C@@H]1CN.Cl. The lowest BCUT2D eigenvalue weighted by Gasteiger charge is -2.28. The van der Waals surface area contributed by atoms with Crippen LogP contribution in [-0.2, 0) is 4.79 Å². The van der Waals surface area contributed by atoms with Crippen molar-refractivity contribution in [2.75, 3.05) is 13.6 Å². The van der Waals surface area contributed by atoms with E-state index in [-0.39, 0.29) is 30.3 Å². The summed E-state index contributed by atoms with van der Waals surface area (Å²) in [4.78, 5) is 14.6. The zero-order valence-electron chi connectivity index (χ0n) is 13.7. The molecule has 3 rings (SSSR count). The van der Waals surface area contributed by atoms with Crippen LogP contribution in [0.4, 0.5) is 0 Å². The maximum Gasteiger partial charge on any atom is 0.226 e. The minimum absolute atomic E-state index is 0. The lowest BCUT2D eigenvalue weighted by atomic mass is 9.94. The van der Waals surface area contributed by atoms with E-state index in [2.05, 4.69) is 0 Å². The first-order valence-corrected chi connectivity index (χ1v) is 8.07. The monoisotopic (exact) mass is 336 g/mol. The number of hydrogen-bond acceptors (Lipinski definition) is 3. The van der Waals surface area contributed by atoms with Crippen molar-refractivity contribution in [3.8, 4) is 0 Å². The number of furan rings is 1. The van der Waals surface area contributed by atoms with Crippen molar-refractivity contribution in [1.29, 1.82) is 0 Å². The highest BCUT2D eigenvalue weighted by Crippen LogP contribution is 2.34. The Labute approximate surface area is 143 Å². The summed E-state index contributed by atoms with van der Waals surface area (Å²) in [6.07, 6.45) is 3.13. The first-order chi connectivity index (χ1) is 10.6. The van der Waals surface area contributed by atoms with Gasteiger partial charge in [-0.2, -0.15) is 0 Å². The minimum atomic E-state index is -0.0704. The number of halogens is 1. The third-order valence-electron chi connectivity index (χ3n) is 5.06. The van der Waals surface area contributed by atoms with Crippen LogP contribution in [0.3, 0.4) is 0 Å². The molecule has 2 aromatic rings. The van der Waals surface area contributed by atoms with E-state index < -0.39 is 0 Å². The van der Waals surface area contributed by atoms with Gasteiger partial charge in [-0.25, -0.2) is 0 Å². The standard InChI is InChI=1S/C18H24N2O2.ClH/c1-12(17-10-13-6-3-4-9-16(13)22-17)20(2)18(21)15-8-5-7-14(15)11-19;/h3-4,6,9-10,12,14-15H,5,7-8,11,19H2,1-2H3;1H/t12?,14-,15-;/m1./s1. The van der Waals surface area contributed by atoms with Crippen LogP contribution in [0, 0.1) is 11.8 Å². The number of carbonyl (C=O) groups is 1. The van der Waals surface area contributed by atoms with Gasteiger partial charge in [-0.15, -0.1) is 12.4 Å². The van der Waals surface area contributed by atoms with Gasteiger partial charge in [-0.05, 0) is 44.4 Å². The number of fused-ring (bicyclic) bond motifs is 1. The van der Waals surface area contributed by atoms with Crippen molar-refractivity contribution in [1.82, 2.24) is 4.90 Å². The molecule has 0 radical (unpaired) electrons. The maximum absolute atomic E-state index is 12.8. The van der Waals surface area contributed by atoms with E-state index in [9.17, 15) is 4.79 Å². The molecule has 1 aromatic heterocycles. The summed E-state index contributed by atoms with van der Waals surface area (Å²) in [5.41, 5.74) is 6.68. The van der Waals surface area contributed by atoms with Crippen LogP contribution in [0.1, 0.15) is 38.0 Å². The molecule has 1 fully saturated rings. The summed E-state index contributed by atoms with van der Waals surface area (Å²) in [6.45, 7) is 2.62. The van der Waals surface area contributed by atoms with Crippen LogP contribution >= 0.6 is 12.4 Å². The zero-order valence-corrected chi connectivity index (χ0v) is 14.5. The second-order valence-electron chi connectivity index (χ2n) is 6.34. The summed E-state index contributed by atoms with van der Waals surface area (Å²) in [5, 5.41) is 1.07. The summed E-state index contributed by atoms with van der Waals surface area (Å²) in [7, 11) is 1.87. The molecular weight excluding hydrogens is 312 g/mol. The minimum Gasteiger partial charge on any atom is -0.459 e. The van der Waals surface area contributed by atoms with Gasteiger partial charge >= 0.3 is 0 Å². The van der Waals surface area contributed by atoms with Gasteiger partial charge in [-0.3, -0.25) is 4.79 Å². The number of rotatable bonds is 4. The van der Waals surface area contributed by atoms with Crippen LogP contribution in [0.5, 0.6) is 0 Å². The summed E-state index contributed by atoms with van der Waals surface area (Å²) in [5.74, 6) is 1.43. The molecule has 3 atom stereocenters. The normalized spacial score (nSPS) is 21.9. The molecule has 1 amide bonds. The largest absolute Gasteiger partial charge is 0.459 e. The smallest absolute Gasteiger partial charge is 0.226 e. The van der Waals surface area contributed by atoms with E-state index in [0.717, 1.165) is 36.0 Å². The highest BCUT2D eigenvalue weighted by atomic mass is 35.5. The Balaban J connectivity index is 0.00000192. The van der Waals surface area contributed by atoms with Gasteiger partial charge in [0.1, 0.15) is 11.3 Å². The molecule has 5 heteroatoms.